The van der Waals surface area contributed by atoms with Crippen LogP contribution >= 0.6 is 0 Å². The lowest BCUT2D eigenvalue weighted by molar-refractivity contribution is 0.180. The molecule has 1 aliphatic heterocycles. The molecule has 1 aromatic rings. The summed E-state index contributed by atoms with van der Waals surface area (Å²) in [7, 11) is -3.53. The molecule has 0 aliphatic carbocycles. The van der Waals surface area contributed by atoms with Gasteiger partial charge in [0.2, 0.25) is 10.0 Å². The predicted molar refractivity (Wildman–Crippen MR) is 78.9 cm³/mol. The lowest BCUT2D eigenvalue weighted by atomic mass is 10.0. The van der Waals surface area contributed by atoms with E-state index < -0.39 is 10.0 Å². The van der Waals surface area contributed by atoms with Crippen LogP contribution in [-0.4, -0.2) is 27.7 Å². The second-order valence-electron chi connectivity index (χ2n) is 5.25. The molecule has 2 unspecified atom stereocenters. The van der Waals surface area contributed by atoms with E-state index in [4.69, 9.17) is 10.5 Å². The van der Waals surface area contributed by atoms with Crippen LogP contribution < -0.4 is 10.5 Å². The van der Waals surface area contributed by atoms with Gasteiger partial charge in [0.15, 0.2) is 0 Å². The van der Waals surface area contributed by atoms with Crippen molar-refractivity contribution in [1.82, 2.24) is 4.72 Å². The fourth-order valence-electron chi connectivity index (χ4n) is 2.42. The number of hydrogen-bond acceptors (Lipinski definition) is 4. The highest BCUT2D eigenvalue weighted by Gasteiger charge is 2.26. The fourth-order valence-corrected chi connectivity index (χ4v) is 3.77. The van der Waals surface area contributed by atoms with Gasteiger partial charge in [0.05, 0.1) is 11.5 Å². The number of sulfonamides is 1. The molecular formula is C14H22N2O3S. The van der Waals surface area contributed by atoms with Crippen molar-refractivity contribution >= 4 is 15.7 Å². The first-order chi connectivity index (χ1) is 9.44. The Morgan fingerprint density at radius 2 is 2.25 bits per heavy atom. The number of anilines is 1. The number of nitrogen functional groups attached to an aromatic ring is 1. The number of benzene rings is 1. The number of ether oxygens (including phenoxy) is 1. The van der Waals surface area contributed by atoms with E-state index in [1.165, 1.54) is 6.07 Å². The van der Waals surface area contributed by atoms with E-state index in [0.717, 1.165) is 18.4 Å². The standard InChI is InChI=1S/C14H22N2O3S/c1-3-11-4-5-13(8-14(11)15)20(17,18)16-10(2)12-6-7-19-9-12/h4-5,8,10,12,16H,3,6-7,9,15H2,1-2H3. The van der Waals surface area contributed by atoms with Gasteiger partial charge in [-0.1, -0.05) is 13.0 Å². The summed E-state index contributed by atoms with van der Waals surface area (Å²) in [6, 6.07) is 4.76. The molecule has 0 bridgehead atoms. The van der Waals surface area contributed by atoms with E-state index in [0.29, 0.717) is 18.9 Å². The molecule has 0 amide bonds. The maximum Gasteiger partial charge on any atom is 0.240 e. The summed E-state index contributed by atoms with van der Waals surface area (Å²) in [5.41, 5.74) is 7.35. The molecule has 0 aromatic heterocycles. The zero-order chi connectivity index (χ0) is 14.8. The molecular weight excluding hydrogens is 276 g/mol. The van der Waals surface area contributed by atoms with Crippen LogP contribution in [0.5, 0.6) is 0 Å². The molecule has 3 N–H and O–H groups in total. The highest BCUT2D eigenvalue weighted by atomic mass is 32.2. The number of hydrogen-bond donors (Lipinski definition) is 2. The molecule has 1 aliphatic rings. The molecule has 0 radical (unpaired) electrons. The third-order valence-electron chi connectivity index (χ3n) is 3.82. The minimum atomic E-state index is -3.53. The first-order valence-corrected chi connectivity index (χ1v) is 8.41. The van der Waals surface area contributed by atoms with Crippen molar-refractivity contribution in [2.45, 2.75) is 37.6 Å². The van der Waals surface area contributed by atoms with Crippen LogP contribution in [-0.2, 0) is 21.2 Å². The minimum absolute atomic E-state index is 0.144. The molecule has 20 heavy (non-hydrogen) atoms. The molecule has 112 valence electrons. The maximum absolute atomic E-state index is 12.3. The van der Waals surface area contributed by atoms with Crippen molar-refractivity contribution in [3.05, 3.63) is 23.8 Å². The van der Waals surface area contributed by atoms with Crippen LogP contribution in [0.1, 0.15) is 25.8 Å². The SMILES string of the molecule is CCc1ccc(S(=O)(=O)NC(C)C2CCOC2)cc1N. The Morgan fingerprint density at radius 1 is 1.50 bits per heavy atom. The maximum atomic E-state index is 12.3. The van der Waals surface area contributed by atoms with Gasteiger partial charge >= 0.3 is 0 Å². The first-order valence-electron chi connectivity index (χ1n) is 6.92. The van der Waals surface area contributed by atoms with Crippen LogP contribution in [0.4, 0.5) is 5.69 Å². The minimum Gasteiger partial charge on any atom is -0.398 e. The third kappa shape index (κ3) is 3.31. The average molecular weight is 298 g/mol. The summed E-state index contributed by atoms with van der Waals surface area (Å²) in [4.78, 5) is 0.220. The molecule has 1 fully saturated rings. The second kappa shape index (κ2) is 6.11. The second-order valence-corrected chi connectivity index (χ2v) is 6.96. The molecule has 5 nitrogen and oxygen atoms in total. The van der Waals surface area contributed by atoms with Crippen molar-refractivity contribution in [3.63, 3.8) is 0 Å². The zero-order valence-corrected chi connectivity index (χ0v) is 12.7. The molecule has 2 rings (SSSR count). The monoisotopic (exact) mass is 298 g/mol. The van der Waals surface area contributed by atoms with Gasteiger partial charge in [0.25, 0.3) is 0 Å². The number of rotatable bonds is 5. The van der Waals surface area contributed by atoms with Gasteiger partial charge in [0, 0.05) is 24.3 Å². The number of aryl methyl sites for hydroxylation is 1. The highest BCUT2D eigenvalue weighted by molar-refractivity contribution is 7.89. The number of nitrogens with one attached hydrogen (secondary N) is 1. The van der Waals surface area contributed by atoms with E-state index in [1.807, 2.05) is 13.8 Å². The van der Waals surface area contributed by atoms with Crippen LogP contribution in [0.3, 0.4) is 0 Å². The summed E-state index contributed by atoms with van der Waals surface area (Å²) in [5, 5.41) is 0. The van der Waals surface area contributed by atoms with E-state index in [2.05, 4.69) is 4.72 Å². The third-order valence-corrected chi connectivity index (χ3v) is 5.38. The van der Waals surface area contributed by atoms with Crippen molar-refractivity contribution in [2.75, 3.05) is 18.9 Å². The van der Waals surface area contributed by atoms with Crippen molar-refractivity contribution in [3.8, 4) is 0 Å². The van der Waals surface area contributed by atoms with Crippen LogP contribution in [0.2, 0.25) is 0 Å². The Hall–Kier alpha value is -1.11. The molecule has 0 saturated carbocycles. The van der Waals surface area contributed by atoms with Gasteiger partial charge in [-0.2, -0.15) is 0 Å². The molecule has 0 spiro atoms. The Labute approximate surface area is 120 Å². The summed E-state index contributed by atoms with van der Waals surface area (Å²) in [5.74, 6) is 0.233. The van der Waals surface area contributed by atoms with Crippen LogP contribution in [0.15, 0.2) is 23.1 Å². The lowest BCUT2D eigenvalue weighted by Gasteiger charge is -2.19. The Balaban J connectivity index is 2.15. The van der Waals surface area contributed by atoms with Gasteiger partial charge in [0.1, 0.15) is 0 Å². The quantitative estimate of drug-likeness (QED) is 0.808. The lowest BCUT2D eigenvalue weighted by Crippen LogP contribution is -2.38. The predicted octanol–water partition coefficient (Wildman–Crippen LogP) is 1.53. The van der Waals surface area contributed by atoms with Crippen molar-refractivity contribution < 1.29 is 13.2 Å². The summed E-state index contributed by atoms with van der Waals surface area (Å²) in [6.07, 6.45) is 1.68. The largest absolute Gasteiger partial charge is 0.398 e. The average Bonchev–Trinajstić information content (AvgIpc) is 2.92. The van der Waals surface area contributed by atoms with E-state index in [9.17, 15) is 8.42 Å². The van der Waals surface area contributed by atoms with Crippen molar-refractivity contribution in [1.29, 1.82) is 0 Å². The first kappa shape index (κ1) is 15.3. The fraction of sp³-hybridized carbons (Fsp3) is 0.571. The molecule has 1 saturated heterocycles. The normalized spacial score (nSPS) is 21.0. The number of nitrogens with two attached hydrogens (primary N) is 1. The van der Waals surface area contributed by atoms with E-state index >= 15 is 0 Å². The summed E-state index contributed by atoms with van der Waals surface area (Å²) in [6.45, 7) is 5.18. The van der Waals surface area contributed by atoms with E-state index in [-0.39, 0.29) is 16.9 Å². The Bertz CT molecular complexity index is 566. The topological polar surface area (TPSA) is 81.4 Å². The molecule has 1 heterocycles. The summed E-state index contributed by atoms with van der Waals surface area (Å²) >= 11 is 0. The van der Waals surface area contributed by atoms with Crippen LogP contribution in [0.25, 0.3) is 0 Å². The van der Waals surface area contributed by atoms with Gasteiger partial charge < -0.3 is 10.5 Å². The summed E-state index contributed by atoms with van der Waals surface area (Å²) < 4.78 is 32.7. The smallest absolute Gasteiger partial charge is 0.240 e. The molecule has 6 heteroatoms. The van der Waals surface area contributed by atoms with Gasteiger partial charge in [-0.3, -0.25) is 0 Å². The van der Waals surface area contributed by atoms with Gasteiger partial charge in [-0.25, -0.2) is 13.1 Å². The van der Waals surface area contributed by atoms with Gasteiger partial charge in [-0.05, 0) is 37.5 Å². The van der Waals surface area contributed by atoms with E-state index in [1.54, 1.807) is 12.1 Å². The Morgan fingerprint density at radius 3 is 2.80 bits per heavy atom. The zero-order valence-electron chi connectivity index (χ0n) is 11.9. The van der Waals surface area contributed by atoms with Crippen molar-refractivity contribution in [2.24, 2.45) is 5.92 Å². The van der Waals surface area contributed by atoms with Crippen LogP contribution in [0, 0.1) is 5.92 Å². The highest BCUT2D eigenvalue weighted by Crippen LogP contribution is 2.21. The molecule has 1 aromatic carbocycles. The Kier molecular flexibility index (Phi) is 4.67. The van der Waals surface area contributed by atoms with Gasteiger partial charge in [-0.15, -0.1) is 0 Å². The molecule has 2 atom stereocenters.